The Labute approximate surface area is 149 Å². The molecule has 0 atom stereocenters. The molecule has 0 amide bonds. The summed E-state index contributed by atoms with van der Waals surface area (Å²) in [7, 11) is -3.83. The molecule has 1 aromatic heterocycles. The normalized spacial score (nSPS) is 11.3. The van der Waals surface area contributed by atoms with Crippen molar-refractivity contribution in [2.45, 2.75) is 11.4 Å². The lowest BCUT2D eigenvalue weighted by atomic mass is 10.3. The predicted molar refractivity (Wildman–Crippen MR) is 91.1 cm³/mol. The van der Waals surface area contributed by atoms with Gasteiger partial charge in [-0.2, -0.15) is 0 Å². The van der Waals surface area contributed by atoms with Gasteiger partial charge >= 0.3 is 0 Å². The van der Waals surface area contributed by atoms with Crippen LogP contribution in [0, 0.1) is 11.6 Å². The lowest BCUT2D eigenvalue weighted by molar-refractivity contribution is 0.451. The summed E-state index contributed by atoms with van der Waals surface area (Å²) in [6.45, 7) is -0.0990. The molecule has 0 unspecified atom stereocenters. The van der Waals surface area contributed by atoms with Crippen LogP contribution < -0.4 is 9.46 Å². The van der Waals surface area contributed by atoms with Crippen LogP contribution in [0.15, 0.2) is 71.8 Å². The van der Waals surface area contributed by atoms with Crippen LogP contribution in [0.25, 0.3) is 0 Å². The van der Waals surface area contributed by atoms with Crippen molar-refractivity contribution in [3.05, 3.63) is 84.1 Å². The predicted octanol–water partition coefficient (Wildman–Crippen LogP) is 3.63. The van der Waals surface area contributed by atoms with Gasteiger partial charge < -0.3 is 4.74 Å². The van der Waals surface area contributed by atoms with E-state index in [2.05, 4.69) is 9.71 Å². The molecule has 2 aromatic carbocycles. The fourth-order valence-corrected chi connectivity index (χ4v) is 3.17. The Morgan fingerprint density at radius 1 is 0.962 bits per heavy atom. The standard InChI is InChI=1S/C18H14F2N2O3S/c19-14-6-8-17(9-7-14)26(23,24)22-12-13-3-2-10-21-18(13)25-16-5-1-4-15(20)11-16/h1-11,22H,12H2. The van der Waals surface area contributed by atoms with Gasteiger partial charge in [0.2, 0.25) is 15.9 Å². The first-order valence-electron chi connectivity index (χ1n) is 7.56. The van der Waals surface area contributed by atoms with Crippen molar-refractivity contribution >= 4 is 10.0 Å². The Bertz CT molecular complexity index is 1010. The highest BCUT2D eigenvalue weighted by Gasteiger charge is 2.15. The van der Waals surface area contributed by atoms with Crippen LogP contribution in [0.2, 0.25) is 0 Å². The Morgan fingerprint density at radius 2 is 1.73 bits per heavy atom. The number of aromatic nitrogens is 1. The van der Waals surface area contributed by atoms with E-state index < -0.39 is 21.7 Å². The smallest absolute Gasteiger partial charge is 0.240 e. The number of hydrogen-bond donors (Lipinski definition) is 1. The van der Waals surface area contributed by atoms with Crippen molar-refractivity contribution < 1.29 is 21.9 Å². The molecule has 0 radical (unpaired) electrons. The molecule has 0 saturated carbocycles. The van der Waals surface area contributed by atoms with E-state index in [0.717, 1.165) is 12.1 Å². The summed E-state index contributed by atoms with van der Waals surface area (Å²) in [5, 5.41) is 0. The van der Waals surface area contributed by atoms with Gasteiger partial charge in [-0.25, -0.2) is 26.9 Å². The molecule has 134 valence electrons. The fraction of sp³-hybridized carbons (Fsp3) is 0.0556. The summed E-state index contributed by atoms with van der Waals surface area (Å²) in [6.07, 6.45) is 1.48. The Morgan fingerprint density at radius 3 is 2.46 bits per heavy atom. The first-order valence-corrected chi connectivity index (χ1v) is 9.05. The molecule has 0 fully saturated rings. The second-order valence-electron chi connectivity index (χ2n) is 5.31. The van der Waals surface area contributed by atoms with E-state index in [-0.39, 0.29) is 23.1 Å². The van der Waals surface area contributed by atoms with E-state index in [1.807, 2.05) is 0 Å². The highest BCUT2D eigenvalue weighted by atomic mass is 32.2. The van der Waals surface area contributed by atoms with Gasteiger partial charge in [0, 0.05) is 24.4 Å². The quantitative estimate of drug-likeness (QED) is 0.713. The first kappa shape index (κ1) is 18.0. The van der Waals surface area contributed by atoms with Crippen molar-refractivity contribution in [1.82, 2.24) is 9.71 Å². The number of rotatable bonds is 6. The number of ether oxygens (including phenoxy) is 1. The van der Waals surface area contributed by atoms with E-state index in [9.17, 15) is 17.2 Å². The molecule has 1 heterocycles. The van der Waals surface area contributed by atoms with Crippen LogP contribution in [0.1, 0.15) is 5.56 Å². The zero-order valence-electron chi connectivity index (χ0n) is 13.4. The first-order chi connectivity index (χ1) is 12.4. The molecule has 3 rings (SSSR count). The average molecular weight is 376 g/mol. The summed E-state index contributed by atoms with van der Waals surface area (Å²) in [6, 6.07) is 13.3. The van der Waals surface area contributed by atoms with Gasteiger partial charge in [0.15, 0.2) is 0 Å². The van der Waals surface area contributed by atoms with Crippen molar-refractivity contribution in [3.63, 3.8) is 0 Å². The van der Waals surface area contributed by atoms with Crippen LogP contribution in [-0.2, 0) is 16.6 Å². The fourth-order valence-electron chi connectivity index (χ4n) is 2.16. The van der Waals surface area contributed by atoms with Gasteiger partial charge in [-0.1, -0.05) is 12.1 Å². The van der Waals surface area contributed by atoms with Crippen LogP contribution in [0.3, 0.4) is 0 Å². The molecule has 0 bridgehead atoms. The Balaban J connectivity index is 1.77. The van der Waals surface area contributed by atoms with E-state index in [4.69, 9.17) is 4.74 Å². The van der Waals surface area contributed by atoms with Gasteiger partial charge in [-0.05, 0) is 42.5 Å². The number of sulfonamides is 1. The lowest BCUT2D eigenvalue weighted by Crippen LogP contribution is -2.23. The molecular weight excluding hydrogens is 362 g/mol. The molecule has 0 spiro atoms. The van der Waals surface area contributed by atoms with Gasteiger partial charge in [0.25, 0.3) is 0 Å². The molecule has 0 aliphatic carbocycles. The molecule has 3 aromatic rings. The summed E-state index contributed by atoms with van der Waals surface area (Å²) in [4.78, 5) is 4.00. The van der Waals surface area contributed by atoms with Gasteiger partial charge in [-0.3, -0.25) is 0 Å². The third-order valence-electron chi connectivity index (χ3n) is 3.44. The average Bonchev–Trinajstić information content (AvgIpc) is 2.61. The van der Waals surface area contributed by atoms with Crippen LogP contribution >= 0.6 is 0 Å². The van der Waals surface area contributed by atoms with Crippen molar-refractivity contribution in [2.75, 3.05) is 0 Å². The molecule has 0 saturated heterocycles. The largest absolute Gasteiger partial charge is 0.439 e. The van der Waals surface area contributed by atoms with Crippen molar-refractivity contribution in [1.29, 1.82) is 0 Å². The number of pyridine rings is 1. The Kier molecular flexibility index (Phi) is 5.24. The molecule has 1 N–H and O–H groups in total. The van der Waals surface area contributed by atoms with Gasteiger partial charge in [-0.15, -0.1) is 0 Å². The minimum Gasteiger partial charge on any atom is -0.439 e. The van der Waals surface area contributed by atoms with E-state index >= 15 is 0 Å². The summed E-state index contributed by atoms with van der Waals surface area (Å²) in [5.74, 6) is -0.592. The number of nitrogens with zero attached hydrogens (tertiary/aromatic N) is 1. The Hall–Kier alpha value is -2.84. The second kappa shape index (κ2) is 7.59. The van der Waals surface area contributed by atoms with Crippen LogP contribution in [0.4, 0.5) is 8.78 Å². The SMILES string of the molecule is O=S(=O)(NCc1cccnc1Oc1cccc(F)c1)c1ccc(F)cc1. The summed E-state index contributed by atoms with van der Waals surface area (Å²) >= 11 is 0. The lowest BCUT2D eigenvalue weighted by Gasteiger charge is -2.11. The monoisotopic (exact) mass is 376 g/mol. The van der Waals surface area contributed by atoms with E-state index in [1.165, 1.54) is 36.5 Å². The van der Waals surface area contributed by atoms with E-state index in [1.54, 1.807) is 18.2 Å². The number of hydrogen-bond acceptors (Lipinski definition) is 4. The third-order valence-corrected chi connectivity index (χ3v) is 4.85. The zero-order chi connectivity index (χ0) is 18.6. The number of halogens is 2. The molecule has 0 aliphatic heterocycles. The number of nitrogens with one attached hydrogen (secondary N) is 1. The van der Waals surface area contributed by atoms with Gasteiger partial charge in [0.05, 0.1) is 4.90 Å². The summed E-state index contributed by atoms with van der Waals surface area (Å²) in [5.41, 5.74) is 0.461. The minimum absolute atomic E-state index is 0.0598. The van der Waals surface area contributed by atoms with E-state index in [0.29, 0.717) is 5.56 Å². The number of benzene rings is 2. The van der Waals surface area contributed by atoms with Crippen molar-refractivity contribution in [3.8, 4) is 11.6 Å². The highest BCUT2D eigenvalue weighted by molar-refractivity contribution is 7.89. The molecule has 5 nitrogen and oxygen atoms in total. The minimum atomic E-state index is -3.83. The summed E-state index contributed by atoms with van der Waals surface area (Å²) < 4.78 is 58.7. The molecule has 0 aliphatic rings. The molecular formula is C18H14F2N2O3S. The third kappa shape index (κ3) is 4.41. The molecule has 26 heavy (non-hydrogen) atoms. The topological polar surface area (TPSA) is 68.3 Å². The zero-order valence-corrected chi connectivity index (χ0v) is 14.2. The van der Waals surface area contributed by atoms with Crippen LogP contribution in [0.5, 0.6) is 11.6 Å². The highest BCUT2D eigenvalue weighted by Crippen LogP contribution is 2.23. The maximum absolute atomic E-state index is 13.3. The van der Waals surface area contributed by atoms with Crippen LogP contribution in [-0.4, -0.2) is 13.4 Å². The maximum Gasteiger partial charge on any atom is 0.240 e. The molecule has 8 heteroatoms. The van der Waals surface area contributed by atoms with Crippen molar-refractivity contribution in [2.24, 2.45) is 0 Å². The van der Waals surface area contributed by atoms with Gasteiger partial charge in [0.1, 0.15) is 17.4 Å². The second-order valence-corrected chi connectivity index (χ2v) is 7.07. The maximum atomic E-state index is 13.3.